The average molecular weight is 382 g/mol. The maximum atomic E-state index is 12.6. The fourth-order valence-electron chi connectivity index (χ4n) is 3.85. The van der Waals surface area contributed by atoms with E-state index in [2.05, 4.69) is 0 Å². The number of benzene rings is 4. The molecule has 0 spiro atoms. The van der Waals surface area contributed by atoms with E-state index in [1.165, 1.54) is 18.2 Å². The van der Waals surface area contributed by atoms with Gasteiger partial charge in [0.05, 0.1) is 10.9 Å². The molecule has 0 fully saturated rings. The number of carboxylic acids is 1. The Kier molecular flexibility index (Phi) is 3.64. The minimum absolute atomic E-state index is 0.0145. The Balaban J connectivity index is 2.08. The van der Waals surface area contributed by atoms with E-state index in [9.17, 15) is 19.8 Å². The molecule has 1 heterocycles. The lowest BCUT2D eigenvalue weighted by atomic mass is 9.92. The highest BCUT2D eigenvalue weighted by atomic mass is 16.4. The standard InChI is InChI=1S/C24H14O5/c25-14-9-11-17-20(12-14)29-23-18(10-8-13-4-3-7-19(26)21(13)23)22(17)15-5-1-2-6-16(15)24(27)28/h1-12,25H,(H,27,28). The molecule has 0 amide bonds. The van der Waals surface area contributed by atoms with Gasteiger partial charge in [-0.3, -0.25) is 4.79 Å². The van der Waals surface area contributed by atoms with Crippen molar-refractivity contribution in [1.82, 2.24) is 0 Å². The average Bonchev–Trinajstić information content (AvgIpc) is 2.71. The summed E-state index contributed by atoms with van der Waals surface area (Å²) < 4.78 is 6.08. The molecule has 4 aromatic carbocycles. The van der Waals surface area contributed by atoms with Gasteiger partial charge in [-0.2, -0.15) is 0 Å². The van der Waals surface area contributed by atoms with Gasteiger partial charge in [-0.1, -0.05) is 36.4 Å². The smallest absolute Gasteiger partial charge is 0.336 e. The van der Waals surface area contributed by atoms with Crippen LogP contribution in [0.15, 0.2) is 82.0 Å². The van der Waals surface area contributed by atoms with Gasteiger partial charge < -0.3 is 14.6 Å². The largest absolute Gasteiger partial charge is 0.508 e. The first kappa shape index (κ1) is 17.0. The van der Waals surface area contributed by atoms with Gasteiger partial charge in [-0.25, -0.2) is 4.79 Å². The number of fused-ring (bicyclic) bond motifs is 4. The third kappa shape index (κ3) is 2.56. The lowest BCUT2D eigenvalue weighted by molar-refractivity contribution is 0.0697. The number of phenolic OH excluding ortho intramolecular Hbond substituents is 1. The Hall–Kier alpha value is -4.12. The second-order valence-electron chi connectivity index (χ2n) is 6.80. The van der Waals surface area contributed by atoms with E-state index in [1.54, 1.807) is 36.4 Å². The van der Waals surface area contributed by atoms with Crippen LogP contribution in [-0.4, -0.2) is 16.2 Å². The predicted octanol–water partition coefficient (Wildman–Crippen LogP) is 5.17. The molecule has 29 heavy (non-hydrogen) atoms. The Morgan fingerprint density at radius 3 is 2.48 bits per heavy atom. The van der Waals surface area contributed by atoms with Crippen LogP contribution in [0, 0.1) is 0 Å². The van der Waals surface area contributed by atoms with Gasteiger partial charge in [0.15, 0.2) is 5.43 Å². The molecule has 1 aromatic heterocycles. The number of phenols is 1. The van der Waals surface area contributed by atoms with Crippen LogP contribution in [0.5, 0.6) is 5.75 Å². The number of aromatic carboxylic acids is 1. The van der Waals surface area contributed by atoms with Crippen LogP contribution < -0.4 is 5.43 Å². The molecule has 5 rings (SSSR count). The van der Waals surface area contributed by atoms with E-state index >= 15 is 0 Å². The second-order valence-corrected chi connectivity index (χ2v) is 6.80. The molecule has 0 radical (unpaired) electrons. The van der Waals surface area contributed by atoms with Gasteiger partial charge in [0.2, 0.25) is 0 Å². The van der Waals surface area contributed by atoms with Gasteiger partial charge in [0, 0.05) is 22.4 Å². The summed E-state index contributed by atoms with van der Waals surface area (Å²) in [6, 6.07) is 20.0. The first-order valence-electron chi connectivity index (χ1n) is 8.98. The van der Waals surface area contributed by atoms with Crippen molar-refractivity contribution in [2.45, 2.75) is 0 Å². The molecule has 5 aromatic rings. The van der Waals surface area contributed by atoms with Gasteiger partial charge in [0.25, 0.3) is 0 Å². The number of carbonyl (C=O) groups is 1. The maximum absolute atomic E-state index is 12.6. The lowest BCUT2D eigenvalue weighted by Crippen LogP contribution is -2.02. The maximum Gasteiger partial charge on any atom is 0.336 e. The van der Waals surface area contributed by atoms with Crippen molar-refractivity contribution in [2.24, 2.45) is 0 Å². The SMILES string of the molecule is O=C(O)c1ccccc1-c1c2ccc(O)cc2oc2c1ccc1cccc(=O)c12. The quantitative estimate of drug-likeness (QED) is 0.325. The number of rotatable bonds is 2. The molecule has 0 aliphatic rings. The number of aromatic hydroxyl groups is 1. The lowest BCUT2D eigenvalue weighted by Gasteiger charge is -2.14. The van der Waals surface area contributed by atoms with Crippen LogP contribution in [0.4, 0.5) is 0 Å². The molecule has 0 saturated carbocycles. The highest BCUT2D eigenvalue weighted by Crippen LogP contribution is 2.40. The van der Waals surface area contributed by atoms with Gasteiger partial charge in [-0.05, 0) is 41.3 Å². The number of hydrogen-bond donors (Lipinski definition) is 2. The molecule has 2 N–H and O–H groups in total. The molecule has 5 heteroatoms. The topological polar surface area (TPSA) is 87.7 Å². The summed E-state index contributed by atoms with van der Waals surface area (Å²) in [5.41, 5.74) is 1.84. The molecule has 140 valence electrons. The fourth-order valence-corrected chi connectivity index (χ4v) is 3.85. The Bertz CT molecular complexity index is 1510. The zero-order valence-corrected chi connectivity index (χ0v) is 15.0. The van der Waals surface area contributed by atoms with Crippen LogP contribution in [0.1, 0.15) is 10.4 Å². The minimum Gasteiger partial charge on any atom is -0.508 e. The van der Waals surface area contributed by atoms with Crippen LogP contribution in [0.25, 0.3) is 43.8 Å². The number of hydrogen-bond acceptors (Lipinski definition) is 4. The first-order valence-corrected chi connectivity index (χ1v) is 8.98. The molecule has 0 aliphatic heterocycles. The highest BCUT2D eigenvalue weighted by molar-refractivity contribution is 6.17. The van der Waals surface area contributed by atoms with Crippen molar-refractivity contribution in [3.63, 3.8) is 0 Å². The van der Waals surface area contributed by atoms with E-state index in [-0.39, 0.29) is 16.7 Å². The molecular formula is C24H14O5. The van der Waals surface area contributed by atoms with Crippen molar-refractivity contribution < 1.29 is 19.4 Å². The summed E-state index contributed by atoms with van der Waals surface area (Å²) in [5.74, 6) is -1.03. The Morgan fingerprint density at radius 2 is 1.66 bits per heavy atom. The van der Waals surface area contributed by atoms with E-state index in [4.69, 9.17) is 4.42 Å². The molecule has 0 unspecified atom stereocenters. The van der Waals surface area contributed by atoms with Crippen LogP contribution >= 0.6 is 0 Å². The van der Waals surface area contributed by atoms with E-state index < -0.39 is 5.97 Å². The zero-order chi connectivity index (χ0) is 20.1. The van der Waals surface area contributed by atoms with Crippen molar-refractivity contribution in [1.29, 1.82) is 0 Å². The summed E-state index contributed by atoms with van der Waals surface area (Å²) in [5, 5.41) is 22.1. The highest BCUT2D eigenvalue weighted by Gasteiger charge is 2.19. The third-order valence-corrected chi connectivity index (χ3v) is 5.10. The summed E-state index contributed by atoms with van der Waals surface area (Å²) in [4.78, 5) is 24.5. The Morgan fingerprint density at radius 1 is 0.862 bits per heavy atom. The van der Waals surface area contributed by atoms with Crippen LogP contribution in [0.3, 0.4) is 0 Å². The molecule has 0 atom stereocenters. The molecular weight excluding hydrogens is 368 g/mol. The normalized spacial score (nSPS) is 11.3. The Labute approximate surface area is 164 Å². The van der Waals surface area contributed by atoms with Crippen molar-refractivity contribution in [2.75, 3.05) is 0 Å². The van der Waals surface area contributed by atoms with Gasteiger partial charge >= 0.3 is 5.97 Å². The fraction of sp³-hybridized carbons (Fsp3) is 0. The van der Waals surface area contributed by atoms with Gasteiger partial charge in [0.1, 0.15) is 16.9 Å². The summed E-state index contributed by atoms with van der Waals surface area (Å²) >= 11 is 0. The third-order valence-electron chi connectivity index (χ3n) is 5.10. The summed E-state index contributed by atoms with van der Waals surface area (Å²) in [6.07, 6.45) is 0. The van der Waals surface area contributed by atoms with E-state index in [0.717, 1.165) is 5.39 Å². The number of carboxylic acid groups (broad SMARTS) is 1. The summed E-state index contributed by atoms with van der Waals surface area (Å²) in [7, 11) is 0. The first-order chi connectivity index (χ1) is 14.0. The van der Waals surface area contributed by atoms with Crippen molar-refractivity contribution in [3.8, 4) is 16.9 Å². The van der Waals surface area contributed by atoms with Gasteiger partial charge in [-0.15, -0.1) is 0 Å². The molecule has 0 aliphatic carbocycles. The van der Waals surface area contributed by atoms with Crippen molar-refractivity contribution in [3.05, 3.63) is 88.6 Å². The summed E-state index contributed by atoms with van der Waals surface area (Å²) in [6.45, 7) is 0. The monoisotopic (exact) mass is 382 g/mol. The van der Waals surface area contributed by atoms with Crippen LogP contribution in [-0.2, 0) is 0 Å². The zero-order valence-electron chi connectivity index (χ0n) is 15.0. The molecule has 5 nitrogen and oxygen atoms in total. The van der Waals surface area contributed by atoms with E-state index in [0.29, 0.717) is 38.5 Å². The minimum atomic E-state index is -1.05. The molecule has 0 saturated heterocycles. The second kappa shape index (κ2) is 6.21. The predicted molar refractivity (Wildman–Crippen MR) is 112 cm³/mol. The van der Waals surface area contributed by atoms with E-state index in [1.807, 2.05) is 18.2 Å². The van der Waals surface area contributed by atoms with Crippen molar-refractivity contribution >= 4 is 38.7 Å². The molecule has 0 bridgehead atoms. The van der Waals surface area contributed by atoms with Crippen LogP contribution in [0.2, 0.25) is 0 Å².